The highest BCUT2D eigenvalue weighted by Crippen LogP contribution is 2.43. The number of aromatic nitrogens is 4. The van der Waals surface area contributed by atoms with Gasteiger partial charge in [-0.1, -0.05) is 12.1 Å². The maximum Gasteiger partial charge on any atom is 0.254 e. The zero-order chi connectivity index (χ0) is 26.3. The number of amides is 1. The topological polar surface area (TPSA) is 100 Å². The van der Waals surface area contributed by atoms with E-state index in [0.717, 1.165) is 28.7 Å². The van der Waals surface area contributed by atoms with Gasteiger partial charge in [0.25, 0.3) is 5.91 Å². The number of nitrogens with one attached hydrogen (secondary N) is 3. The number of carbonyl (C=O) groups excluding carboxylic acids is 1. The predicted octanol–water partition coefficient (Wildman–Crippen LogP) is 3.81. The van der Waals surface area contributed by atoms with Gasteiger partial charge < -0.3 is 20.9 Å². The van der Waals surface area contributed by atoms with Crippen LogP contribution >= 0.6 is 0 Å². The monoisotopic (exact) mass is 461 g/mol. The lowest BCUT2D eigenvalue weighted by molar-refractivity contribution is 0.0963. The number of para-hydroxylation sites is 1. The summed E-state index contributed by atoms with van der Waals surface area (Å²) in [6.07, 6.45) is 4.32. The van der Waals surface area contributed by atoms with Gasteiger partial charge in [-0.15, -0.1) is 0 Å². The molecule has 4 aromatic rings. The molecule has 34 heavy (non-hydrogen) atoms. The fourth-order valence-corrected chi connectivity index (χ4v) is 4.06. The molecule has 3 aromatic heterocycles. The van der Waals surface area contributed by atoms with Crippen molar-refractivity contribution in [2.75, 3.05) is 29.6 Å². The van der Waals surface area contributed by atoms with Gasteiger partial charge in [0, 0.05) is 61.3 Å². The second kappa shape index (κ2) is 8.47. The van der Waals surface area contributed by atoms with Gasteiger partial charge in [0.15, 0.2) is 0 Å². The van der Waals surface area contributed by atoms with Crippen molar-refractivity contribution in [3.05, 3.63) is 71.9 Å². The van der Waals surface area contributed by atoms with E-state index in [9.17, 15) is 9.18 Å². The number of fused-ring (bicyclic) bond motifs is 3. The van der Waals surface area contributed by atoms with Gasteiger partial charge in [-0.2, -0.15) is 5.10 Å². The summed E-state index contributed by atoms with van der Waals surface area (Å²) in [5, 5.41) is 12.9. The SMILES string of the molecule is [2H]C([2H])([2H])NC(=O)c1cnc(Nc2ccc(F)cn2)cc1Nc1cccc2c1N(C)Cc1cn(C)nc1-2. The Bertz CT molecular complexity index is 1490. The van der Waals surface area contributed by atoms with Gasteiger partial charge in [-0.05, 0) is 18.2 Å². The Morgan fingerprint density at radius 3 is 2.74 bits per heavy atom. The summed E-state index contributed by atoms with van der Waals surface area (Å²) in [5.74, 6) is -0.630. The first-order chi connectivity index (χ1) is 17.6. The molecule has 10 heteroatoms. The summed E-state index contributed by atoms with van der Waals surface area (Å²) in [6, 6.07) is 9.99. The molecule has 9 nitrogen and oxygen atoms in total. The molecule has 172 valence electrons. The number of aryl methyl sites for hydroxylation is 1. The van der Waals surface area contributed by atoms with Crippen molar-refractivity contribution in [2.24, 2.45) is 7.05 Å². The van der Waals surface area contributed by atoms with Crippen LogP contribution in [0.25, 0.3) is 11.3 Å². The Morgan fingerprint density at radius 2 is 1.94 bits per heavy atom. The fraction of sp³-hybridized carbons (Fsp3) is 0.167. The first-order valence-corrected chi connectivity index (χ1v) is 10.4. The van der Waals surface area contributed by atoms with E-state index in [1.165, 1.54) is 18.3 Å². The van der Waals surface area contributed by atoms with Crippen LogP contribution in [0.5, 0.6) is 0 Å². The average molecular weight is 462 g/mol. The molecule has 1 aliphatic heterocycles. The average Bonchev–Trinajstić information content (AvgIpc) is 3.20. The third-order valence-corrected chi connectivity index (χ3v) is 5.50. The lowest BCUT2D eigenvalue weighted by atomic mass is 9.99. The molecular weight excluding hydrogens is 435 g/mol. The molecule has 1 aliphatic rings. The first-order valence-electron chi connectivity index (χ1n) is 11.9. The van der Waals surface area contributed by atoms with E-state index >= 15 is 0 Å². The van der Waals surface area contributed by atoms with Crippen LogP contribution in [0.3, 0.4) is 0 Å². The highest BCUT2D eigenvalue weighted by molar-refractivity contribution is 6.01. The van der Waals surface area contributed by atoms with Crippen LogP contribution in [-0.4, -0.2) is 39.7 Å². The van der Waals surface area contributed by atoms with E-state index in [0.29, 0.717) is 29.6 Å². The zero-order valence-electron chi connectivity index (χ0n) is 21.4. The summed E-state index contributed by atoms with van der Waals surface area (Å²) in [7, 11) is 3.83. The molecule has 0 saturated carbocycles. The Hall–Kier alpha value is -4.47. The van der Waals surface area contributed by atoms with Gasteiger partial charge in [0.2, 0.25) is 0 Å². The fourth-order valence-electron chi connectivity index (χ4n) is 4.06. The third kappa shape index (κ3) is 3.90. The van der Waals surface area contributed by atoms with Crippen LogP contribution in [0.2, 0.25) is 0 Å². The normalized spacial score (nSPS) is 13.7. The molecule has 0 bridgehead atoms. The van der Waals surface area contributed by atoms with Crippen LogP contribution < -0.4 is 20.9 Å². The van der Waals surface area contributed by atoms with Crippen LogP contribution in [0.15, 0.2) is 55.0 Å². The minimum atomic E-state index is -2.68. The van der Waals surface area contributed by atoms with E-state index < -0.39 is 18.7 Å². The number of pyridine rings is 2. The molecule has 3 N–H and O–H groups in total. The van der Waals surface area contributed by atoms with E-state index in [1.807, 2.05) is 43.8 Å². The molecule has 0 spiro atoms. The summed E-state index contributed by atoms with van der Waals surface area (Å²) in [6.45, 7) is -2.04. The number of rotatable bonds is 5. The molecule has 0 radical (unpaired) electrons. The van der Waals surface area contributed by atoms with E-state index in [2.05, 4.69) is 30.6 Å². The molecule has 1 amide bonds. The molecule has 4 heterocycles. The van der Waals surface area contributed by atoms with Gasteiger partial charge >= 0.3 is 0 Å². The van der Waals surface area contributed by atoms with Crippen molar-refractivity contribution in [1.29, 1.82) is 0 Å². The first kappa shape index (κ1) is 18.0. The lowest BCUT2D eigenvalue weighted by Gasteiger charge is -2.29. The van der Waals surface area contributed by atoms with Crippen LogP contribution in [0, 0.1) is 5.82 Å². The Labute approximate surface area is 199 Å². The third-order valence-electron chi connectivity index (χ3n) is 5.50. The number of nitrogens with zero attached hydrogens (tertiary/aromatic N) is 5. The molecule has 5 rings (SSSR count). The Kier molecular flexibility index (Phi) is 4.49. The van der Waals surface area contributed by atoms with Crippen molar-refractivity contribution >= 4 is 34.6 Å². The number of carbonyl (C=O) groups is 1. The van der Waals surface area contributed by atoms with Gasteiger partial charge in [-0.25, -0.2) is 14.4 Å². The van der Waals surface area contributed by atoms with E-state index in [-0.39, 0.29) is 5.56 Å². The second-order valence-corrected chi connectivity index (χ2v) is 7.92. The van der Waals surface area contributed by atoms with Crippen molar-refractivity contribution < 1.29 is 13.3 Å². The van der Waals surface area contributed by atoms with Crippen molar-refractivity contribution in [2.45, 2.75) is 6.54 Å². The molecule has 0 aliphatic carbocycles. The Morgan fingerprint density at radius 1 is 1.09 bits per heavy atom. The van der Waals surface area contributed by atoms with Crippen LogP contribution in [-0.2, 0) is 13.6 Å². The lowest BCUT2D eigenvalue weighted by Crippen LogP contribution is -2.23. The number of hydrogen-bond acceptors (Lipinski definition) is 7. The molecule has 0 unspecified atom stereocenters. The molecule has 0 atom stereocenters. The molecule has 0 saturated heterocycles. The number of halogens is 1. The van der Waals surface area contributed by atoms with E-state index in [4.69, 9.17) is 4.11 Å². The number of hydrogen-bond donors (Lipinski definition) is 3. The molecular formula is C24H23FN8O. The quantitative estimate of drug-likeness (QED) is 0.416. The summed E-state index contributed by atoms with van der Waals surface area (Å²) >= 11 is 0. The standard InChI is InChI=1S/C24H23FN8O/c1-26-24(34)17-11-28-21(30-20-8-7-15(25)10-27-20)9-19(17)29-18-6-4-5-16-22-14(13-33(3)31-22)12-32(2)23(16)18/h4-11,13H,12H2,1-3H3,(H,26,34)(H2,27,28,29,30)/i1D3. The van der Waals surface area contributed by atoms with Gasteiger partial charge in [0.05, 0.1) is 34.5 Å². The van der Waals surface area contributed by atoms with E-state index in [1.54, 1.807) is 10.7 Å². The van der Waals surface area contributed by atoms with Crippen LogP contribution in [0.4, 0.5) is 33.1 Å². The largest absolute Gasteiger partial charge is 0.368 e. The smallest absolute Gasteiger partial charge is 0.254 e. The highest BCUT2D eigenvalue weighted by Gasteiger charge is 2.25. The van der Waals surface area contributed by atoms with Crippen molar-refractivity contribution in [3.8, 4) is 11.3 Å². The second-order valence-electron chi connectivity index (χ2n) is 7.92. The number of anilines is 5. The minimum absolute atomic E-state index is 0.0309. The summed E-state index contributed by atoms with van der Waals surface area (Å²) in [4.78, 5) is 23.1. The summed E-state index contributed by atoms with van der Waals surface area (Å²) in [5.41, 5.74) is 4.80. The minimum Gasteiger partial charge on any atom is -0.368 e. The molecule has 1 aromatic carbocycles. The van der Waals surface area contributed by atoms with Gasteiger partial charge in [-0.3, -0.25) is 9.48 Å². The van der Waals surface area contributed by atoms with Gasteiger partial charge in [0.1, 0.15) is 17.5 Å². The number of benzene rings is 1. The zero-order valence-corrected chi connectivity index (χ0v) is 18.4. The molecule has 0 fully saturated rings. The predicted molar refractivity (Wildman–Crippen MR) is 129 cm³/mol. The maximum absolute atomic E-state index is 13.3. The van der Waals surface area contributed by atoms with Crippen LogP contribution in [0.1, 0.15) is 20.0 Å². The maximum atomic E-state index is 13.3. The van der Waals surface area contributed by atoms with Crippen molar-refractivity contribution in [1.82, 2.24) is 25.1 Å². The highest BCUT2D eigenvalue weighted by atomic mass is 19.1. The summed E-state index contributed by atoms with van der Waals surface area (Å²) < 4.78 is 37.3. The van der Waals surface area contributed by atoms with Crippen molar-refractivity contribution in [3.63, 3.8) is 0 Å². The Balaban J connectivity index is 1.56.